The fourth-order valence-electron chi connectivity index (χ4n) is 14.2. The predicted octanol–water partition coefficient (Wildman–Crippen LogP) is 20.2. The van der Waals surface area contributed by atoms with Gasteiger partial charge in [-0.1, -0.05) is 267 Å². The van der Waals surface area contributed by atoms with Crippen molar-refractivity contribution in [1.29, 1.82) is 0 Å². The Morgan fingerprint density at radius 1 is 0.225 bits per heavy atom. The van der Waals surface area contributed by atoms with Gasteiger partial charge in [-0.25, -0.2) is 0 Å². The van der Waals surface area contributed by atoms with E-state index in [2.05, 4.69) is 314 Å². The molecule has 374 valence electrons. The normalized spacial score (nSPS) is 13.7. The molecule has 2 heterocycles. The second-order valence-corrected chi connectivity index (χ2v) is 21.6. The van der Waals surface area contributed by atoms with Crippen LogP contribution in [0.15, 0.2) is 303 Å². The van der Waals surface area contributed by atoms with Crippen molar-refractivity contribution in [3.05, 3.63) is 348 Å². The molecule has 0 aromatic heterocycles. The first-order valence-electron chi connectivity index (χ1n) is 27.8. The van der Waals surface area contributed by atoms with E-state index in [9.17, 15) is 0 Å². The summed E-state index contributed by atoms with van der Waals surface area (Å²) in [7, 11) is 0. The van der Waals surface area contributed by atoms with Crippen LogP contribution >= 0.6 is 0 Å². The third-order valence-corrected chi connectivity index (χ3v) is 17.6. The molecule has 0 atom stereocenters. The highest BCUT2D eigenvalue weighted by molar-refractivity contribution is 6.21. The second kappa shape index (κ2) is 18.2. The summed E-state index contributed by atoms with van der Waals surface area (Å²) in [6.45, 7) is 0. The zero-order chi connectivity index (χ0) is 52.8. The van der Waals surface area contributed by atoms with Crippen molar-refractivity contribution < 1.29 is 0 Å². The highest BCUT2D eigenvalue weighted by Gasteiger charge is 2.46. The van der Waals surface area contributed by atoms with Gasteiger partial charge in [0.05, 0.1) is 22.2 Å². The zero-order valence-corrected chi connectivity index (χ0v) is 43.9. The summed E-state index contributed by atoms with van der Waals surface area (Å²) in [5.74, 6) is 0. The first-order valence-corrected chi connectivity index (χ1v) is 27.8. The molecule has 0 amide bonds. The van der Waals surface area contributed by atoms with Crippen LogP contribution < -0.4 is 10.6 Å². The van der Waals surface area contributed by atoms with Crippen molar-refractivity contribution in [2.45, 2.75) is 10.8 Å². The minimum Gasteiger partial charge on any atom is -0.354 e. The predicted molar refractivity (Wildman–Crippen MR) is 336 cm³/mol. The van der Waals surface area contributed by atoms with Gasteiger partial charge in [0.2, 0.25) is 0 Å². The first-order chi connectivity index (χ1) is 39.7. The van der Waals surface area contributed by atoms with Gasteiger partial charge in [-0.2, -0.15) is 0 Å². The fourth-order valence-corrected chi connectivity index (χ4v) is 14.2. The SMILES string of the molecule is c1ccc(C2(c3ccccc3)c3ccccc3Nc3c(-c4cccc5c(-c6ccc7cc8ccccc8cc7c6)c6cccc(-c7cccc8c7Nc7ccccc7C8(c7ccccc7)c7ccccc7)c6cc45)cccc32)cc1. The molecule has 2 nitrogen and oxygen atoms in total. The molecule has 14 aromatic carbocycles. The maximum atomic E-state index is 4.09. The molecule has 14 aromatic rings. The number of rotatable bonds is 7. The Hall–Kier alpha value is -10.3. The number of hydrogen-bond acceptors (Lipinski definition) is 2. The molecule has 0 spiro atoms. The lowest BCUT2D eigenvalue weighted by molar-refractivity contribution is 0.741. The van der Waals surface area contributed by atoms with Crippen molar-refractivity contribution in [1.82, 2.24) is 0 Å². The number of nitrogens with one attached hydrogen (secondary N) is 2. The smallest absolute Gasteiger partial charge is 0.0742 e. The minimum atomic E-state index is -0.604. The molecule has 0 unspecified atom stereocenters. The van der Waals surface area contributed by atoms with Crippen molar-refractivity contribution in [2.75, 3.05) is 10.6 Å². The first kappa shape index (κ1) is 45.9. The van der Waals surface area contributed by atoms with Crippen LogP contribution in [0.3, 0.4) is 0 Å². The molecule has 2 heteroatoms. The van der Waals surface area contributed by atoms with Gasteiger partial charge in [0, 0.05) is 22.5 Å². The van der Waals surface area contributed by atoms with Crippen molar-refractivity contribution >= 4 is 65.8 Å². The number of para-hydroxylation sites is 4. The monoisotopic (exact) mass is 1020 g/mol. The van der Waals surface area contributed by atoms with Gasteiger partial charge in [0.25, 0.3) is 0 Å². The van der Waals surface area contributed by atoms with Crippen LogP contribution in [0.1, 0.15) is 44.5 Å². The zero-order valence-electron chi connectivity index (χ0n) is 43.9. The van der Waals surface area contributed by atoms with Gasteiger partial charge < -0.3 is 10.6 Å². The van der Waals surface area contributed by atoms with E-state index in [4.69, 9.17) is 0 Å². The Morgan fingerprint density at radius 3 is 1.05 bits per heavy atom. The third kappa shape index (κ3) is 6.73. The van der Waals surface area contributed by atoms with Crippen LogP contribution in [-0.4, -0.2) is 0 Å². The summed E-state index contributed by atoms with van der Waals surface area (Å²) in [4.78, 5) is 0. The molecule has 2 aliphatic heterocycles. The molecule has 0 saturated heterocycles. The van der Waals surface area contributed by atoms with E-state index in [1.54, 1.807) is 0 Å². The maximum absolute atomic E-state index is 4.09. The molecule has 0 radical (unpaired) electrons. The van der Waals surface area contributed by atoms with Crippen LogP contribution in [0.5, 0.6) is 0 Å². The van der Waals surface area contributed by atoms with Crippen LogP contribution in [0.4, 0.5) is 22.7 Å². The van der Waals surface area contributed by atoms with Gasteiger partial charge in [-0.3, -0.25) is 0 Å². The van der Waals surface area contributed by atoms with Crippen LogP contribution in [0.25, 0.3) is 76.5 Å². The Balaban J connectivity index is 1.00. The molecule has 16 rings (SSSR count). The fraction of sp³-hybridized carbons (Fsp3) is 0.0256. The summed E-state index contributed by atoms with van der Waals surface area (Å²) in [6.07, 6.45) is 0. The quantitative estimate of drug-likeness (QED) is 0.156. The number of hydrogen-bond donors (Lipinski definition) is 2. The second-order valence-electron chi connectivity index (χ2n) is 21.6. The summed E-state index contributed by atoms with van der Waals surface area (Å²) in [5, 5.41) is 17.9. The molecule has 80 heavy (non-hydrogen) atoms. The number of fused-ring (bicyclic) bond motifs is 8. The van der Waals surface area contributed by atoms with Gasteiger partial charge >= 0.3 is 0 Å². The average molecular weight is 1020 g/mol. The van der Waals surface area contributed by atoms with Crippen molar-refractivity contribution in [3.8, 4) is 33.4 Å². The van der Waals surface area contributed by atoms with E-state index in [1.165, 1.54) is 110 Å². The lowest BCUT2D eigenvalue weighted by Crippen LogP contribution is -2.35. The Morgan fingerprint density at radius 2 is 0.588 bits per heavy atom. The summed E-state index contributed by atoms with van der Waals surface area (Å²) < 4.78 is 0. The van der Waals surface area contributed by atoms with Crippen LogP contribution in [-0.2, 0) is 10.8 Å². The highest BCUT2D eigenvalue weighted by atomic mass is 14.9. The largest absolute Gasteiger partial charge is 0.354 e. The van der Waals surface area contributed by atoms with E-state index >= 15 is 0 Å². The number of benzene rings is 14. The topological polar surface area (TPSA) is 24.1 Å². The summed E-state index contributed by atoms with van der Waals surface area (Å²) in [5.41, 5.74) is 20.0. The summed E-state index contributed by atoms with van der Waals surface area (Å²) >= 11 is 0. The molecule has 0 fully saturated rings. The Bertz CT molecular complexity index is 4430. The van der Waals surface area contributed by atoms with Crippen LogP contribution in [0, 0.1) is 0 Å². The van der Waals surface area contributed by atoms with E-state index in [1.807, 2.05) is 0 Å². The molecule has 0 bridgehead atoms. The minimum absolute atomic E-state index is 0.604. The third-order valence-electron chi connectivity index (χ3n) is 17.6. The molecule has 2 N–H and O–H groups in total. The highest BCUT2D eigenvalue weighted by Crippen LogP contribution is 2.58. The van der Waals surface area contributed by atoms with E-state index in [0.717, 1.165) is 33.9 Å². The van der Waals surface area contributed by atoms with Gasteiger partial charge in [0.15, 0.2) is 0 Å². The lowest BCUT2D eigenvalue weighted by atomic mass is 9.62. The molecular weight excluding hydrogens is 965 g/mol. The maximum Gasteiger partial charge on any atom is 0.0742 e. The Kier molecular flexibility index (Phi) is 10.4. The summed E-state index contributed by atoms with van der Waals surface area (Å²) in [6, 6.07) is 113. The average Bonchev–Trinajstić information content (AvgIpc) is 3.69. The van der Waals surface area contributed by atoms with Crippen molar-refractivity contribution in [3.63, 3.8) is 0 Å². The molecule has 2 aliphatic rings. The molecule has 0 saturated carbocycles. The van der Waals surface area contributed by atoms with Gasteiger partial charge in [0.1, 0.15) is 0 Å². The Labute approximate surface area is 465 Å². The molecule has 0 aliphatic carbocycles. The van der Waals surface area contributed by atoms with Crippen LogP contribution in [0.2, 0.25) is 0 Å². The standard InChI is InChI=1S/C78H52N2/c1-5-25-56(26-6-1)77(57-27-7-2-8-28-57)68-39-15-17-43-72(68)79-75-64(37-21-41-70(75)77)60-33-19-35-62-66(60)50-67-61(34-20-36-63(67)74(62)54-46-45-53-47-51-23-13-14-24-52(51)48-55(53)49-54)65-38-22-42-71-76(65)80-73-44-18-16-40-69(73)78(71,58-29-9-3-10-30-58)59-31-11-4-12-32-59/h1-50,79-80H. The van der Waals surface area contributed by atoms with E-state index in [0.29, 0.717) is 0 Å². The number of anilines is 4. The lowest BCUT2D eigenvalue weighted by Gasteiger charge is -2.43. The van der Waals surface area contributed by atoms with Gasteiger partial charge in [-0.05, 0) is 146 Å². The van der Waals surface area contributed by atoms with Crippen molar-refractivity contribution in [2.24, 2.45) is 0 Å². The molecular formula is C78H52N2. The van der Waals surface area contributed by atoms with E-state index < -0.39 is 10.8 Å². The van der Waals surface area contributed by atoms with E-state index in [-0.39, 0.29) is 0 Å². The van der Waals surface area contributed by atoms with Gasteiger partial charge in [-0.15, -0.1) is 0 Å².